The second-order valence-electron chi connectivity index (χ2n) is 6.54. The minimum absolute atomic E-state index is 0.160. The summed E-state index contributed by atoms with van der Waals surface area (Å²) in [5.74, 6) is -0.415. The molecule has 27 heavy (non-hydrogen) atoms. The lowest BCUT2D eigenvalue weighted by atomic mass is 9.88. The molecule has 1 aliphatic carbocycles. The molecule has 7 nitrogen and oxygen atoms in total. The van der Waals surface area contributed by atoms with Crippen molar-refractivity contribution in [2.75, 3.05) is 11.9 Å². The Morgan fingerprint density at radius 3 is 2.89 bits per heavy atom. The Bertz CT molecular complexity index is 906. The van der Waals surface area contributed by atoms with Gasteiger partial charge in [-0.25, -0.2) is 4.79 Å². The second-order valence-corrected chi connectivity index (χ2v) is 7.64. The number of benzene rings is 1. The highest BCUT2D eigenvalue weighted by molar-refractivity contribution is 7.17. The van der Waals surface area contributed by atoms with Gasteiger partial charge in [0.05, 0.1) is 17.1 Å². The smallest absolute Gasteiger partial charge is 0.341 e. The number of nitro groups is 1. The van der Waals surface area contributed by atoms with Crippen LogP contribution in [0.1, 0.15) is 51.4 Å². The molecule has 8 heteroatoms. The van der Waals surface area contributed by atoms with Crippen molar-refractivity contribution in [3.8, 4) is 0 Å². The van der Waals surface area contributed by atoms with E-state index in [1.165, 1.54) is 35.6 Å². The summed E-state index contributed by atoms with van der Waals surface area (Å²) in [7, 11) is 0. The molecule has 1 N–H and O–H groups in total. The molecule has 1 atom stereocenters. The molecular formula is C19H20N2O5S. The van der Waals surface area contributed by atoms with Gasteiger partial charge in [0, 0.05) is 22.6 Å². The summed E-state index contributed by atoms with van der Waals surface area (Å²) in [6.45, 7) is 4.15. The minimum atomic E-state index is -0.550. The molecule has 1 heterocycles. The van der Waals surface area contributed by atoms with Gasteiger partial charge in [-0.3, -0.25) is 14.9 Å². The van der Waals surface area contributed by atoms with Gasteiger partial charge in [-0.15, -0.1) is 11.3 Å². The Labute approximate surface area is 160 Å². The summed E-state index contributed by atoms with van der Waals surface area (Å²) in [5.41, 5.74) is 1.37. The average Bonchev–Trinajstić information content (AvgIpc) is 2.98. The number of thiophene rings is 1. The van der Waals surface area contributed by atoms with Crippen LogP contribution in [0.4, 0.5) is 10.7 Å². The first-order valence-electron chi connectivity index (χ1n) is 8.78. The summed E-state index contributed by atoms with van der Waals surface area (Å²) < 4.78 is 5.18. The predicted molar refractivity (Wildman–Crippen MR) is 103 cm³/mol. The van der Waals surface area contributed by atoms with Crippen molar-refractivity contribution in [1.82, 2.24) is 0 Å². The maximum Gasteiger partial charge on any atom is 0.341 e. The number of carbonyl (C=O) groups is 2. The number of carbonyl (C=O) groups excluding carboxylic acids is 2. The van der Waals surface area contributed by atoms with E-state index in [-0.39, 0.29) is 17.9 Å². The number of fused-ring (bicyclic) bond motifs is 1. The van der Waals surface area contributed by atoms with Crippen LogP contribution in [0.2, 0.25) is 0 Å². The lowest BCUT2D eigenvalue weighted by molar-refractivity contribution is -0.384. The van der Waals surface area contributed by atoms with Crippen molar-refractivity contribution in [2.45, 2.75) is 33.1 Å². The van der Waals surface area contributed by atoms with Crippen LogP contribution < -0.4 is 5.32 Å². The van der Waals surface area contributed by atoms with Gasteiger partial charge in [-0.05, 0) is 43.7 Å². The fourth-order valence-corrected chi connectivity index (χ4v) is 4.59. The van der Waals surface area contributed by atoms with E-state index in [0.717, 1.165) is 29.7 Å². The fourth-order valence-electron chi connectivity index (χ4n) is 3.19. The molecular weight excluding hydrogens is 368 g/mol. The van der Waals surface area contributed by atoms with Crippen LogP contribution in [-0.2, 0) is 17.6 Å². The molecule has 2 aromatic rings. The molecule has 0 aliphatic heterocycles. The van der Waals surface area contributed by atoms with Gasteiger partial charge in [-0.1, -0.05) is 13.0 Å². The van der Waals surface area contributed by atoms with E-state index >= 15 is 0 Å². The standard InChI is InChI=1S/C19H20N2O5S/c1-3-26-19(23)16-14-8-7-11(2)9-15(14)27-18(16)20-17(22)12-5-4-6-13(10-12)21(24)25/h4-6,10-11H,3,7-9H2,1-2H3,(H,20,22). The van der Waals surface area contributed by atoms with Gasteiger partial charge < -0.3 is 10.1 Å². The Balaban J connectivity index is 1.94. The van der Waals surface area contributed by atoms with E-state index in [4.69, 9.17) is 4.74 Å². The number of nitrogens with one attached hydrogen (secondary N) is 1. The minimum Gasteiger partial charge on any atom is -0.462 e. The van der Waals surface area contributed by atoms with Crippen LogP contribution in [0.3, 0.4) is 0 Å². The normalized spacial score (nSPS) is 15.7. The third-order valence-corrected chi connectivity index (χ3v) is 5.71. The van der Waals surface area contributed by atoms with E-state index < -0.39 is 16.8 Å². The van der Waals surface area contributed by atoms with Crippen LogP contribution in [-0.4, -0.2) is 23.4 Å². The topological polar surface area (TPSA) is 98.5 Å². The Morgan fingerprint density at radius 1 is 1.41 bits per heavy atom. The molecule has 1 unspecified atom stereocenters. The van der Waals surface area contributed by atoms with Crippen molar-refractivity contribution < 1.29 is 19.2 Å². The van der Waals surface area contributed by atoms with E-state index in [1.807, 2.05) is 0 Å². The number of hydrogen-bond acceptors (Lipinski definition) is 6. The summed E-state index contributed by atoms with van der Waals surface area (Å²) in [5, 5.41) is 14.1. The molecule has 0 saturated heterocycles. The monoisotopic (exact) mass is 388 g/mol. The lowest BCUT2D eigenvalue weighted by Gasteiger charge is -2.18. The molecule has 0 saturated carbocycles. The molecule has 142 valence electrons. The highest BCUT2D eigenvalue weighted by Crippen LogP contribution is 2.40. The molecule has 3 rings (SSSR count). The van der Waals surface area contributed by atoms with Gasteiger partial charge in [0.15, 0.2) is 0 Å². The van der Waals surface area contributed by atoms with Crippen molar-refractivity contribution >= 4 is 33.9 Å². The first-order chi connectivity index (χ1) is 12.9. The van der Waals surface area contributed by atoms with Gasteiger partial charge in [-0.2, -0.15) is 0 Å². The first-order valence-corrected chi connectivity index (χ1v) is 9.59. The summed E-state index contributed by atoms with van der Waals surface area (Å²) >= 11 is 1.39. The van der Waals surface area contributed by atoms with Crippen molar-refractivity contribution in [1.29, 1.82) is 0 Å². The number of amides is 1. The number of anilines is 1. The molecule has 0 fully saturated rings. The molecule has 0 spiro atoms. The van der Waals surface area contributed by atoms with Crippen LogP contribution in [0.25, 0.3) is 0 Å². The highest BCUT2D eigenvalue weighted by atomic mass is 32.1. The summed E-state index contributed by atoms with van der Waals surface area (Å²) in [6.07, 6.45) is 2.61. The zero-order valence-electron chi connectivity index (χ0n) is 15.1. The van der Waals surface area contributed by atoms with Crippen LogP contribution >= 0.6 is 11.3 Å². The number of rotatable bonds is 5. The number of ether oxygens (including phenoxy) is 1. The Kier molecular flexibility index (Phi) is 5.55. The van der Waals surface area contributed by atoms with E-state index in [2.05, 4.69) is 12.2 Å². The number of nitrogens with zero attached hydrogens (tertiary/aromatic N) is 1. The van der Waals surface area contributed by atoms with Gasteiger partial charge >= 0.3 is 5.97 Å². The Hall–Kier alpha value is -2.74. The van der Waals surface area contributed by atoms with Crippen LogP contribution in [0.15, 0.2) is 24.3 Å². The van der Waals surface area contributed by atoms with Crippen LogP contribution in [0.5, 0.6) is 0 Å². The van der Waals surface area contributed by atoms with Crippen molar-refractivity contribution in [2.24, 2.45) is 5.92 Å². The number of non-ortho nitro benzene ring substituents is 1. The number of esters is 1. The van der Waals surface area contributed by atoms with Crippen LogP contribution in [0, 0.1) is 16.0 Å². The Morgan fingerprint density at radius 2 is 2.19 bits per heavy atom. The maximum absolute atomic E-state index is 12.6. The van der Waals surface area contributed by atoms with E-state index in [9.17, 15) is 19.7 Å². The molecule has 1 aromatic carbocycles. The molecule has 0 radical (unpaired) electrons. The van der Waals surface area contributed by atoms with Crippen molar-refractivity contribution in [3.05, 3.63) is 55.9 Å². The zero-order chi connectivity index (χ0) is 19.6. The highest BCUT2D eigenvalue weighted by Gasteiger charge is 2.29. The molecule has 1 aromatic heterocycles. The van der Waals surface area contributed by atoms with E-state index in [1.54, 1.807) is 6.92 Å². The molecule has 1 amide bonds. The average molecular weight is 388 g/mol. The quantitative estimate of drug-likeness (QED) is 0.470. The van der Waals surface area contributed by atoms with E-state index in [0.29, 0.717) is 16.5 Å². The first kappa shape index (κ1) is 19.0. The summed E-state index contributed by atoms with van der Waals surface area (Å²) in [6, 6.07) is 5.50. The second kappa shape index (κ2) is 7.87. The third-order valence-electron chi connectivity index (χ3n) is 4.54. The van der Waals surface area contributed by atoms with Gasteiger partial charge in [0.2, 0.25) is 0 Å². The SMILES string of the molecule is CCOC(=O)c1c(NC(=O)c2cccc([N+](=O)[O-])c2)sc2c1CCC(C)C2. The number of nitro benzene ring substituents is 1. The predicted octanol–water partition coefficient (Wildman–Crippen LogP) is 4.21. The fraction of sp³-hybridized carbons (Fsp3) is 0.368. The summed E-state index contributed by atoms with van der Waals surface area (Å²) in [4.78, 5) is 36.6. The maximum atomic E-state index is 12.6. The largest absolute Gasteiger partial charge is 0.462 e. The lowest BCUT2D eigenvalue weighted by Crippen LogP contribution is -2.16. The molecule has 1 aliphatic rings. The van der Waals surface area contributed by atoms with Gasteiger partial charge in [0.25, 0.3) is 11.6 Å². The van der Waals surface area contributed by atoms with Gasteiger partial charge in [0.1, 0.15) is 5.00 Å². The molecule has 0 bridgehead atoms. The van der Waals surface area contributed by atoms with Crippen molar-refractivity contribution in [3.63, 3.8) is 0 Å². The number of hydrogen-bond donors (Lipinski definition) is 1. The third kappa shape index (κ3) is 4.00. The zero-order valence-corrected chi connectivity index (χ0v) is 15.9.